The van der Waals surface area contributed by atoms with Gasteiger partial charge in [-0.05, 0) is 0 Å². The van der Waals surface area contributed by atoms with Crippen molar-refractivity contribution in [2.75, 3.05) is 0 Å². The van der Waals surface area contributed by atoms with E-state index in [1.165, 1.54) is 0 Å². The molecular formula is C3H2Cl2F6O2S. The minimum absolute atomic E-state index is 2.71. The van der Waals surface area contributed by atoms with Crippen LogP contribution in [0.1, 0.15) is 6.42 Å². The number of hydrogen-bond acceptors (Lipinski definition) is 2. The summed E-state index contributed by atoms with van der Waals surface area (Å²) in [5.74, 6) is 0. The van der Waals surface area contributed by atoms with E-state index in [1.807, 2.05) is 0 Å². The molecule has 0 aliphatic heterocycles. The Balaban J connectivity index is 0. The molecule has 0 amide bonds. The maximum Gasteiger partial charge on any atom is 0.397 e. The van der Waals surface area contributed by atoms with E-state index >= 15 is 0 Å². The highest BCUT2D eigenvalue weighted by Crippen LogP contribution is 2.31. The highest BCUT2D eigenvalue weighted by atomic mass is 36.0. The van der Waals surface area contributed by atoms with Crippen molar-refractivity contribution in [1.82, 2.24) is 0 Å². The number of halogens is 8. The Labute approximate surface area is 83.7 Å². The zero-order valence-electron chi connectivity index (χ0n) is 5.96. The van der Waals surface area contributed by atoms with Crippen LogP contribution >= 0.6 is 21.4 Å². The summed E-state index contributed by atoms with van der Waals surface area (Å²) in [6.45, 7) is 0. The maximum absolute atomic E-state index is 10.8. The van der Waals surface area contributed by atoms with Crippen LogP contribution in [0.25, 0.3) is 0 Å². The van der Waals surface area contributed by atoms with Crippen LogP contribution in [0.15, 0.2) is 0 Å². The third kappa shape index (κ3) is 40.0. The quantitative estimate of drug-likeness (QED) is 0.506. The van der Waals surface area contributed by atoms with Crippen molar-refractivity contribution in [2.45, 2.75) is 18.8 Å². The Hall–Kier alpha value is 0.110. The van der Waals surface area contributed by atoms with E-state index in [1.54, 1.807) is 0 Å². The molecule has 88 valence electrons. The van der Waals surface area contributed by atoms with E-state index in [4.69, 9.17) is 8.42 Å². The molecule has 0 N–H and O–H groups in total. The fourth-order valence-corrected chi connectivity index (χ4v) is 0.227. The number of hydrogen-bond donors (Lipinski definition) is 0. The summed E-state index contributed by atoms with van der Waals surface area (Å²) >= 11 is 0. The minimum atomic E-state index is -5.14. The summed E-state index contributed by atoms with van der Waals surface area (Å²) in [6, 6.07) is 0. The average Bonchev–Trinajstić information content (AvgIpc) is 1.42. The van der Waals surface area contributed by atoms with Crippen molar-refractivity contribution in [2.24, 2.45) is 0 Å². The fraction of sp³-hybridized carbons (Fsp3) is 1.00. The molecule has 0 aliphatic rings. The lowest BCUT2D eigenvalue weighted by molar-refractivity contribution is -0.232. The summed E-state index contributed by atoms with van der Waals surface area (Å²) in [7, 11) is 4.81. The highest BCUT2D eigenvalue weighted by molar-refractivity contribution is 8.31. The van der Waals surface area contributed by atoms with E-state index < -0.39 is 27.0 Å². The van der Waals surface area contributed by atoms with Gasteiger partial charge in [0.1, 0.15) is 6.42 Å². The van der Waals surface area contributed by atoms with E-state index in [0.717, 1.165) is 0 Å². The number of rotatable bonds is 0. The van der Waals surface area contributed by atoms with Gasteiger partial charge >= 0.3 is 20.6 Å². The van der Waals surface area contributed by atoms with Crippen molar-refractivity contribution in [3.05, 3.63) is 0 Å². The summed E-state index contributed by atoms with van der Waals surface area (Å²) in [5, 5.41) is 0. The normalized spacial score (nSPS) is 13.1. The van der Waals surface area contributed by atoms with Gasteiger partial charge in [-0.15, -0.1) is 0 Å². The smallest absolute Gasteiger partial charge is 0.195 e. The highest BCUT2D eigenvalue weighted by Gasteiger charge is 2.43. The van der Waals surface area contributed by atoms with Crippen LogP contribution in [0.4, 0.5) is 26.3 Å². The molecule has 0 aromatic heterocycles. The summed E-state index contributed by atoms with van der Waals surface area (Å²) in [5.41, 5.74) is 0. The van der Waals surface area contributed by atoms with E-state index in [2.05, 4.69) is 21.4 Å². The van der Waals surface area contributed by atoms with Crippen LogP contribution in [0.5, 0.6) is 0 Å². The largest absolute Gasteiger partial charge is 0.397 e. The van der Waals surface area contributed by atoms with E-state index in [9.17, 15) is 26.3 Å². The van der Waals surface area contributed by atoms with Gasteiger partial charge in [0.15, 0.2) is 0 Å². The van der Waals surface area contributed by atoms with E-state index in [-0.39, 0.29) is 0 Å². The van der Waals surface area contributed by atoms with Crippen LogP contribution in [0, 0.1) is 0 Å². The predicted octanol–water partition coefficient (Wildman–Crippen LogP) is 3.21. The van der Waals surface area contributed by atoms with Gasteiger partial charge in [-0.1, -0.05) is 0 Å². The summed E-state index contributed by atoms with van der Waals surface area (Å²) < 4.78 is 83.3. The van der Waals surface area contributed by atoms with Crippen LogP contribution in [0.3, 0.4) is 0 Å². The van der Waals surface area contributed by atoms with Gasteiger partial charge in [-0.3, -0.25) is 0 Å². The number of alkyl halides is 6. The Morgan fingerprint density at radius 1 is 0.857 bits per heavy atom. The van der Waals surface area contributed by atoms with Crippen molar-refractivity contribution in [3.63, 3.8) is 0 Å². The molecule has 0 unspecified atom stereocenters. The SMILES string of the molecule is FC(F)(F)CC(F)(F)F.O=S(=O)(Cl)Cl. The second-order valence-electron chi connectivity index (χ2n) is 1.79. The molecule has 0 aromatic rings. The Bertz CT molecular complexity index is 233. The Kier molecular flexibility index (Phi) is 6.22. The first kappa shape index (κ1) is 16.5. The third-order valence-corrected chi connectivity index (χ3v) is 0.401. The van der Waals surface area contributed by atoms with Crippen LogP contribution < -0.4 is 0 Å². The first-order valence-corrected chi connectivity index (χ1v) is 5.62. The van der Waals surface area contributed by atoms with Gasteiger partial charge < -0.3 is 0 Å². The standard InChI is InChI=1S/C3H2F6.Cl2O2S/c4-2(5,6)1-3(7,8)9;1-5(2,3)4/h1H2;. The molecule has 0 saturated carbocycles. The predicted molar refractivity (Wildman–Crippen MR) is 37.4 cm³/mol. The van der Waals surface area contributed by atoms with Gasteiger partial charge in [0.05, 0.1) is 0 Å². The maximum atomic E-state index is 10.8. The Morgan fingerprint density at radius 2 is 1.00 bits per heavy atom. The van der Waals surface area contributed by atoms with Crippen LogP contribution in [-0.2, 0) is 8.26 Å². The molecular weight excluding hydrogens is 285 g/mol. The molecule has 0 bridgehead atoms. The molecule has 0 fully saturated rings. The van der Waals surface area contributed by atoms with Gasteiger partial charge in [0.2, 0.25) is 0 Å². The lowest BCUT2D eigenvalue weighted by atomic mass is 10.4. The van der Waals surface area contributed by atoms with Gasteiger partial charge in [-0.2, -0.15) is 34.8 Å². The second kappa shape index (κ2) is 5.26. The van der Waals surface area contributed by atoms with Crippen LogP contribution in [0.2, 0.25) is 0 Å². The second-order valence-corrected chi connectivity index (χ2v) is 5.45. The van der Waals surface area contributed by atoms with Crippen molar-refractivity contribution in [1.29, 1.82) is 0 Å². The van der Waals surface area contributed by atoms with Gasteiger partial charge in [-0.25, -0.2) is 0 Å². The van der Waals surface area contributed by atoms with Gasteiger partial charge in [0, 0.05) is 21.4 Å². The molecule has 0 saturated heterocycles. The molecule has 0 heterocycles. The molecule has 0 radical (unpaired) electrons. The zero-order chi connectivity index (χ0) is 12.2. The van der Waals surface area contributed by atoms with Crippen molar-refractivity contribution < 1.29 is 34.8 Å². The summed E-state index contributed by atoms with van der Waals surface area (Å²) in [6.07, 6.45) is -13.0. The lowest BCUT2D eigenvalue weighted by Gasteiger charge is -2.08. The van der Waals surface area contributed by atoms with Crippen molar-refractivity contribution >= 4 is 29.6 Å². The molecule has 0 aliphatic carbocycles. The monoisotopic (exact) mass is 286 g/mol. The third-order valence-electron chi connectivity index (χ3n) is 0.401. The van der Waals surface area contributed by atoms with E-state index in [0.29, 0.717) is 0 Å². The summed E-state index contributed by atoms with van der Waals surface area (Å²) in [4.78, 5) is 0. The molecule has 0 aromatic carbocycles. The fourth-order valence-electron chi connectivity index (χ4n) is 0.227. The molecule has 11 heteroatoms. The van der Waals surface area contributed by atoms with Gasteiger partial charge in [0.25, 0.3) is 0 Å². The Morgan fingerprint density at radius 3 is 1.00 bits per heavy atom. The molecule has 0 rings (SSSR count). The molecule has 2 nitrogen and oxygen atoms in total. The zero-order valence-corrected chi connectivity index (χ0v) is 8.28. The minimum Gasteiger partial charge on any atom is -0.195 e. The lowest BCUT2D eigenvalue weighted by Crippen LogP contribution is -2.20. The van der Waals surface area contributed by atoms with Crippen molar-refractivity contribution in [3.8, 4) is 0 Å². The first-order chi connectivity index (χ1) is 5.71. The molecule has 0 spiro atoms. The average molecular weight is 287 g/mol. The van der Waals surface area contributed by atoms with Crippen LogP contribution in [-0.4, -0.2) is 20.8 Å². The molecule has 14 heavy (non-hydrogen) atoms. The first-order valence-electron chi connectivity index (χ1n) is 2.48. The molecule has 0 atom stereocenters. The topological polar surface area (TPSA) is 34.1 Å².